The van der Waals surface area contributed by atoms with Gasteiger partial charge in [0.25, 0.3) is 0 Å². The summed E-state index contributed by atoms with van der Waals surface area (Å²) in [4.78, 5) is 12.1. The molecule has 20 heavy (non-hydrogen) atoms. The maximum atomic E-state index is 13.2. The molecule has 1 aromatic rings. The lowest BCUT2D eigenvalue weighted by atomic mass is 10.0. The number of hydrogen-bond donors (Lipinski definition) is 2. The van der Waals surface area contributed by atoms with E-state index in [0.29, 0.717) is 18.5 Å². The van der Waals surface area contributed by atoms with Crippen molar-refractivity contribution < 1.29 is 13.9 Å². The molecule has 1 aromatic carbocycles. The Morgan fingerprint density at radius 3 is 2.90 bits per heavy atom. The predicted molar refractivity (Wildman–Crippen MR) is 74.6 cm³/mol. The fraction of sp³-hybridized carbons (Fsp3) is 0.533. The van der Waals surface area contributed by atoms with Crippen molar-refractivity contribution in [1.82, 2.24) is 5.32 Å². The molecule has 0 saturated carbocycles. The van der Waals surface area contributed by atoms with Gasteiger partial charge in [0.2, 0.25) is 5.91 Å². The molecule has 0 aromatic heterocycles. The summed E-state index contributed by atoms with van der Waals surface area (Å²) in [6, 6.07) is 4.68. The molecular weight excluding hydrogens is 259 g/mol. The maximum Gasteiger partial charge on any atom is 0.249 e. The zero-order valence-electron chi connectivity index (χ0n) is 11.9. The van der Waals surface area contributed by atoms with E-state index >= 15 is 0 Å². The van der Waals surface area contributed by atoms with Crippen LogP contribution in [0, 0.1) is 12.7 Å². The van der Waals surface area contributed by atoms with E-state index < -0.39 is 6.10 Å². The van der Waals surface area contributed by atoms with Crippen LogP contribution in [0.25, 0.3) is 0 Å². The van der Waals surface area contributed by atoms with Crippen molar-refractivity contribution in [2.45, 2.75) is 44.9 Å². The highest BCUT2D eigenvalue weighted by Gasteiger charge is 2.30. The standard InChI is InChI=1S/C15H21FN2O2/c1-9-7-11(3-5-13(9)16)10(2)18-15(19)14-6-4-12(8-17)20-14/h3,5,7,10,12,14H,4,6,8,17H2,1-2H3,(H,18,19)/t10?,12-,14+/m1/s1. The van der Waals surface area contributed by atoms with Gasteiger partial charge in [-0.15, -0.1) is 0 Å². The molecule has 5 heteroatoms. The highest BCUT2D eigenvalue weighted by molar-refractivity contribution is 5.81. The van der Waals surface area contributed by atoms with Crippen LogP contribution in [0.4, 0.5) is 4.39 Å². The molecule has 0 aliphatic carbocycles. The lowest BCUT2D eigenvalue weighted by molar-refractivity contribution is -0.132. The van der Waals surface area contributed by atoms with Gasteiger partial charge in [0.15, 0.2) is 0 Å². The van der Waals surface area contributed by atoms with Crippen LogP contribution < -0.4 is 11.1 Å². The van der Waals surface area contributed by atoms with Gasteiger partial charge in [-0.05, 0) is 43.9 Å². The molecule has 0 spiro atoms. The molecule has 0 radical (unpaired) electrons. The topological polar surface area (TPSA) is 64.4 Å². The van der Waals surface area contributed by atoms with Crippen LogP contribution in [0.15, 0.2) is 18.2 Å². The maximum absolute atomic E-state index is 13.2. The van der Waals surface area contributed by atoms with Gasteiger partial charge in [0.1, 0.15) is 11.9 Å². The molecule has 1 fully saturated rings. The lowest BCUT2D eigenvalue weighted by Crippen LogP contribution is -2.37. The first-order valence-corrected chi connectivity index (χ1v) is 6.93. The van der Waals surface area contributed by atoms with Gasteiger partial charge in [0.05, 0.1) is 12.1 Å². The summed E-state index contributed by atoms with van der Waals surface area (Å²) in [5.41, 5.74) is 6.98. The zero-order valence-corrected chi connectivity index (χ0v) is 11.9. The molecule has 1 aliphatic rings. The summed E-state index contributed by atoms with van der Waals surface area (Å²) in [5, 5.41) is 2.90. The fourth-order valence-corrected chi connectivity index (χ4v) is 2.40. The SMILES string of the molecule is Cc1cc(C(C)NC(=O)[C@@H]2CC[C@H](CN)O2)ccc1F. The Morgan fingerprint density at radius 1 is 1.55 bits per heavy atom. The third-order valence-corrected chi connectivity index (χ3v) is 3.70. The zero-order chi connectivity index (χ0) is 14.7. The molecule has 1 aliphatic heterocycles. The molecule has 4 nitrogen and oxygen atoms in total. The number of nitrogens with one attached hydrogen (secondary N) is 1. The number of nitrogens with two attached hydrogens (primary N) is 1. The molecule has 1 saturated heterocycles. The second-order valence-electron chi connectivity index (χ2n) is 5.30. The average Bonchev–Trinajstić information content (AvgIpc) is 2.90. The predicted octanol–water partition coefficient (Wildman–Crippen LogP) is 1.82. The van der Waals surface area contributed by atoms with Crippen LogP contribution in [0.5, 0.6) is 0 Å². The smallest absolute Gasteiger partial charge is 0.249 e. The largest absolute Gasteiger partial charge is 0.364 e. The fourth-order valence-electron chi connectivity index (χ4n) is 2.40. The number of benzene rings is 1. The molecule has 1 heterocycles. The van der Waals surface area contributed by atoms with Crippen molar-refractivity contribution in [3.8, 4) is 0 Å². The van der Waals surface area contributed by atoms with Gasteiger partial charge in [-0.1, -0.05) is 12.1 Å². The molecular formula is C15H21FN2O2. The Balaban J connectivity index is 1.95. The van der Waals surface area contributed by atoms with Gasteiger partial charge < -0.3 is 15.8 Å². The van der Waals surface area contributed by atoms with Crippen molar-refractivity contribution in [3.05, 3.63) is 35.1 Å². The molecule has 3 N–H and O–H groups in total. The molecule has 3 atom stereocenters. The number of carbonyl (C=O) groups is 1. The van der Waals surface area contributed by atoms with Gasteiger partial charge in [-0.3, -0.25) is 4.79 Å². The van der Waals surface area contributed by atoms with Crippen molar-refractivity contribution >= 4 is 5.91 Å². The Hall–Kier alpha value is -1.46. The van der Waals surface area contributed by atoms with Crippen molar-refractivity contribution in [2.24, 2.45) is 5.73 Å². The quantitative estimate of drug-likeness (QED) is 0.884. The van der Waals surface area contributed by atoms with Crippen LogP contribution in [0.1, 0.15) is 36.9 Å². The Morgan fingerprint density at radius 2 is 2.30 bits per heavy atom. The molecule has 0 bridgehead atoms. The number of rotatable bonds is 4. The van der Waals surface area contributed by atoms with Gasteiger partial charge in [-0.25, -0.2) is 4.39 Å². The second-order valence-corrected chi connectivity index (χ2v) is 5.30. The van der Waals surface area contributed by atoms with Crippen molar-refractivity contribution in [3.63, 3.8) is 0 Å². The Labute approximate surface area is 118 Å². The highest BCUT2D eigenvalue weighted by Crippen LogP contribution is 2.21. The van der Waals surface area contributed by atoms with Crippen LogP contribution in [-0.2, 0) is 9.53 Å². The minimum atomic E-state index is -0.424. The number of aryl methyl sites for hydroxylation is 1. The van der Waals surface area contributed by atoms with Crippen LogP contribution in [0.3, 0.4) is 0 Å². The van der Waals surface area contributed by atoms with Gasteiger partial charge in [-0.2, -0.15) is 0 Å². The normalized spacial score (nSPS) is 23.6. The summed E-state index contributed by atoms with van der Waals surface area (Å²) in [6.45, 7) is 4.02. The number of halogens is 1. The van der Waals surface area contributed by atoms with E-state index in [1.807, 2.05) is 6.92 Å². The second kappa shape index (κ2) is 6.33. The first-order valence-electron chi connectivity index (χ1n) is 6.93. The minimum Gasteiger partial charge on any atom is -0.364 e. The first kappa shape index (κ1) is 14.9. The van der Waals surface area contributed by atoms with E-state index in [1.54, 1.807) is 19.1 Å². The van der Waals surface area contributed by atoms with E-state index in [-0.39, 0.29) is 23.9 Å². The van der Waals surface area contributed by atoms with Crippen LogP contribution in [-0.4, -0.2) is 24.7 Å². The van der Waals surface area contributed by atoms with E-state index in [4.69, 9.17) is 10.5 Å². The third-order valence-electron chi connectivity index (χ3n) is 3.70. The van der Waals surface area contributed by atoms with E-state index in [2.05, 4.69) is 5.32 Å². The van der Waals surface area contributed by atoms with E-state index in [0.717, 1.165) is 12.0 Å². The lowest BCUT2D eigenvalue weighted by Gasteiger charge is -2.18. The minimum absolute atomic E-state index is 0.0193. The molecule has 1 unspecified atom stereocenters. The summed E-state index contributed by atoms with van der Waals surface area (Å²) in [7, 11) is 0. The average molecular weight is 280 g/mol. The number of hydrogen-bond acceptors (Lipinski definition) is 3. The van der Waals surface area contributed by atoms with Crippen molar-refractivity contribution in [1.29, 1.82) is 0 Å². The molecule has 110 valence electrons. The number of amides is 1. The first-order chi connectivity index (χ1) is 9.51. The van der Waals surface area contributed by atoms with Gasteiger partial charge in [0, 0.05) is 6.54 Å². The monoisotopic (exact) mass is 280 g/mol. The van der Waals surface area contributed by atoms with E-state index in [9.17, 15) is 9.18 Å². The highest BCUT2D eigenvalue weighted by atomic mass is 19.1. The van der Waals surface area contributed by atoms with Crippen LogP contribution in [0.2, 0.25) is 0 Å². The Kier molecular flexibility index (Phi) is 4.73. The van der Waals surface area contributed by atoms with Crippen LogP contribution >= 0.6 is 0 Å². The molecule has 1 amide bonds. The Bertz CT molecular complexity index is 493. The number of ether oxygens (including phenoxy) is 1. The third kappa shape index (κ3) is 3.35. The summed E-state index contributed by atoms with van der Waals surface area (Å²) in [6.07, 6.45) is 1.07. The molecule has 2 rings (SSSR count). The van der Waals surface area contributed by atoms with Gasteiger partial charge >= 0.3 is 0 Å². The summed E-state index contributed by atoms with van der Waals surface area (Å²) < 4.78 is 18.8. The van der Waals surface area contributed by atoms with E-state index in [1.165, 1.54) is 6.07 Å². The summed E-state index contributed by atoms with van der Waals surface area (Å²) in [5.74, 6) is -0.368. The number of carbonyl (C=O) groups excluding carboxylic acids is 1. The van der Waals surface area contributed by atoms with Crippen molar-refractivity contribution in [2.75, 3.05) is 6.54 Å². The summed E-state index contributed by atoms with van der Waals surface area (Å²) >= 11 is 0.